The largest absolute Gasteiger partial charge is 0.371 e. The second kappa shape index (κ2) is 6.48. The first-order chi connectivity index (χ1) is 9.76. The topological polar surface area (TPSA) is 15.3 Å². The van der Waals surface area contributed by atoms with Crippen LogP contribution in [-0.2, 0) is 6.54 Å². The first kappa shape index (κ1) is 14.4. The maximum atomic E-state index is 3.75. The Balaban J connectivity index is 1.65. The fourth-order valence-electron chi connectivity index (χ4n) is 2.63. The van der Waals surface area contributed by atoms with E-state index in [0.29, 0.717) is 0 Å². The van der Waals surface area contributed by atoms with E-state index in [0.717, 1.165) is 18.5 Å². The molecule has 1 aromatic carbocycles. The second-order valence-electron chi connectivity index (χ2n) is 6.32. The van der Waals surface area contributed by atoms with Crippen molar-refractivity contribution in [1.29, 1.82) is 0 Å². The Kier molecular flexibility index (Phi) is 4.67. The molecule has 0 atom stereocenters. The van der Waals surface area contributed by atoms with Crippen molar-refractivity contribution < 1.29 is 0 Å². The molecular formula is C17H25BrN2. The van der Waals surface area contributed by atoms with Crippen LogP contribution in [0.1, 0.15) is 44.6 Å². The van der Waals surface area contributed by atoms with E-state index in [9.17, 15) is 0 Å². The summed E-state index contributed by atoms with van der Waals surface area (Å²) >= 11 is 3.75. The highest BCUT2D eigenvalue weighted by Gasteiger charge is 2.24. The van der Waals surface area contributed by atoms with E-state index >= 15 is 0 Å². The second-order valence-corrected chi connectivity index (χ2v) is 7.17. The summed E-state index contributed by atoms with van der Waals surface area (Å²) in [6, 6.07) is 7.66. The lowest BCUT2D eigenvalue weighted by molar-refractivity contribution is 0.684. The number of nitrogens with zero attached hydrogens (tertiary/aromatic N) is 1. The van der Waals surface area contributed by atoms with Gasteiger partial charge in [0.1, 0.15) is 0 Å². The minimum atomic E-state index is 0.771. The Morgan fingerprint density at radius 1 is 1.25 bits per heavy atom. The van der Waals surface area contributed by atoms with Crippen molar-refractivity contribution in [3.8, 4) is 0 Å². The van der Waals surface area contributed by atoms with Crippen molar-refractivity contribution in [1.82, 2.24) is 5.32 Å². The summed E-state index contributed by atoms with van der Waals surface area (Å²) in [6.07, 6.45) is 6.76. The molecule has 3 rings (SSSR count). The Bertz CT molecular complexity index is 452. The molecule has 1 aromatic rings. The van der Waals surface area contributed by atoms with E-state index < -0.39 is 0 Å². The van der Waals surface area contributed by atoms with Crippen molar-refractivity contribution in [2.45, 2.75) is 51.6 Å². The number of nitrogens with one attached hydrogen (secondary N) is 1. The van der Waals surface area contributed by atoms with E-state index in [1.54, 1.807) is 0 Å². The minimum absolute atomic E-state index is 0.771. The van der Waals surface area contributed by atoms with Crippen LogP contribution in [0.2, 0.25) is 0 Å². The van der Waals surface area contributed by atoms with Crippen molar-refractivity contribution in [3.63, 3.8) is 0 Å². The number of anilines is 1. The molecule has 2 fully saturated rings. The van der Waals surface area contributed by atoms with Gasteiger partial charge in [0.05, 0.1) is 0 Å². The molecule has 0 saturated heterocycles. The van der Waals surface area contributed by atoms with Crippen LogP contribution < -0.4 is 10.2 Å². The van der Waals surface area contributed by atoms with Crippen LogP contribution >= 0.6 is 15.9 Å². The zero-order chi connectivity index (χ0) is 13.9. The number of halogens is 1. The fraction of sp³-hybridized carbons (Fsp3) is 0.647. The predicted molar refractivity (Wildman–Crippen MR) is 89.2 cm³/mol. The molecule has 2 saturated carbocycles. The smallest absolute Gasteiger partial charge is 0.0377 e. The molecule has 2 aliphatic carbocycles. The molecule has 0 heterocycles. The lowest BCUT2D eigenvalue weighted by Crippen LogP contribution is -2.26. The van der Waals surface area contributed by atoms with E-state index in [1.165, 1.54) is 60.9 Å². The standard InChI is InChI=1S/C17H25BrN2/c1-2-9-20(12-13-3-4-13)16-8-5-14(17(18)10-16)11-19-15-6-7-15/h5,8,10,13,15,19H,2-4,6-7,9,11-12H2,1H3. The van der Waals surface area contributed by atoms with Gasteiger partial charge in [-0.2, -0.15) is 0 Å². The molecule has 0 radical (unpaired) electrons. The van der Waals surface area contributed by atoms with Gasteiger partial charge in [0.2, 0.25) is 0 Å². The lowest BCUT2D eigenvalue weighted by Gasteiger charge is -2.25. The SMILES string of the molecule is CCCN(CC1CC1)c1ccc(CNC2CC2)c(Br)c1. The monoisotopic (exact) mass is 336 g/mol. The van der Waals surface area contributed by atoms with Gasteiger partial charge in [-0.3, -0.25) is 0 Å². The van der Waals surface area contributed by atoms with Gasteiger partial charge in [-0.05, 0) is 55.7 Å². The van der Waals surface area contributed by atoms with Crippen LogP contribution in [0.4, 0.5) is 5.69 Å². The quantitative estimate of drug-likeness (QED) is 0.760. The molecule has 2 nitrogen and oxygen atoms in total. The first-order valence-electron chi connectivity index (χ1n) is 8.03. The molecule has 3 heteroatoms. The van der Waals surface area contributed by atoms with Crippen LogP contribution in [0.15, 0.2) is 22.7 Å². The molecule has 0 aliphatic heterocycles. The highest BCUT2D eigenvalue weighted by molar-refractivity contribution is 9.10. The molecule has 0 bridgehead atoms. The molecule has 110 valence electrons. The van der Waals surface area contributed by atoms with Gasteiger partial charge < -0.3 is 10.2 Å². The minimum Gasteiger partial charge on any atom is -0.371 e. The summed E-state index contributed by atoms with van der Waals surface area (Å²) in [5.74, 6) is 0.941. The van der Waals surface area contributed by atoms with Gasteiger partial charge in [-0.15, -0.1) is 0 Å². The molecule has 0 amide bonds. The lowest BCUT2D eigenvalue weighted by atomic mass is 10.1. The van der Waals surface area contributed by atoms with E-state index in [-0.39, 0.29) is 0 Å². The summed E-state index contributed by atoms with van der Waals surface area (Å²) in [5, 5.41) is 3.59. The molecule has 2 aliphatic rings. The molecule has 0 spiro atoms. The predicted octanol–water partition coefficient (Wildman–Crippen LogP) is 4.33. The highest BCUT2D eigenvalue weighted by atomic mass is 79.9. The summed E-state index contributed by atoms with van der Waals surface area (Å²) in [4.78, 5) is 2.56. The number of hydrogen-bond donors (Lipinski definition) is 1. The van der Waals surface area contributed by atoms with Crippen LogP contribution in [0.25, 0.3) is 0 Å². The van der Waals surface area contributed by atoms with Crippen LogP contribution in [0.3, 0.4) is 0 Å². The van der Waals surface area contributed by atoms with Gasteiger partial charge >= 0.3 is 0 Å². The summed E-state index contributed by atoms with van der Waals surface area (Å²) in [7, 11) is 0. The highest BCUT2D eigenvalue weighted by Crippen LogP contribution is 2.33. The average Bonchev–Trinajstić information content (AvgIpc) is 3.31. The number of benzene rings is 1. The molecular weight excluding hydrogens is 312 g/mol. The normalized spacial score (nSPS) is 18.3. The van der Waals surface area contributed by atoms with E-state index in [2.05, 4.69) is 51.3 Å². The summed E-state index contributed by atoms with van der Waals surface area (Å²) < 4.78 is 1.25. The Labute approximate surface area is 131 Å². The van der Waals surface area contributed by atoms with Crippen molar-refractivity contribution in [2.24, 2.45) is 5.92 Å². The Hall–Kier alpha value is -0.540. The van der Waals surface area contributed by atoms with Crippen LogP contribution in [0, 0.1) is 5.92 Å². The fourth-order valence-corrected chi connectivity index (χ4v) is 3.13. The van der Waals surface area contributed by atoms with E-state index in [1.807, 2.05) is 0 Å². The van der Waals surface area contributed by atoms with Crippen LogP contribution in [0.5, 0.6) is 0 Å². The third-order valence-electron chi connectivity index (χ3n) is 4.23. The van der Waals surface area contributed by atoms with Gasteiger partial charge in [0.15, 0.2) is 0 Å². The van der Waals surface area contributed by atoms with Gasteiger partial charge in [0.25, 0.3) is 0 Å². The molecule has 20 heavy (non-hydrogen) atoms. The van der Waals surface area contributed by atoms with Crippen molar-refractivity contribution in [3.05, 3.63) is 28.2 Å². The maximum Gasteiger partial charge on any atom is 0.0377 e. The van der Waals surface area contributed by atoms with Gasteiger partial charge in [-0.1, -0.05) is 28.9 Å². The zero-order valence-electron chi connectivity index (χ0n) is 12.4. The maximum absolute atomic E-state index is 3.75. The Morgan fingerprint density at radius 3 is 2.65 bits per heavy atom. The third kappa shape index (κ3) is 3.98. The number of rotatable bonds is 8. The van der Waals surface area contributed by atoms with Crippen molar-refractivity contribution in [2.75, 3.05) is 18.0 Å². The Morgan fingerprint density at radius 2 is 2.05 bits per heavy atom. The zero-order valence-corrected chi connectivity index (χ0v) is 14.0. The van der Waals surface area contributed by atoms with E-state index in [4.69, 9.17) is 0 Å². The van der Waals surface area contributed by atoms with Gasteiger partial charge in [0, 0.05) is 35.8 Å². The van der Waals surface area contributed by atoms with Gasteiger partial charge in [-0.25, -0.2) is 0 Å². The molecule has 0 aromatic heterocycles. The average molecular weight is 337 g/mol. The van der Waals surface area contributed by atoms with Crippen molar-refractivity contribution >= 4 is 21.6 Å². The van der Waals surface area contributed by atoms with Crippen LogP contribution in [-0.4, -0.2) is 19.1 Å². The summed E-state index contributed by atoms with van der Waals surface area (Å²) in [5.41, 5.74) is 2.75. The molecule has 1 N–H and O–H groups in total. The number of hydrogen-bond acceptors (Lipinski definition) is 2. The first-order valence-corrected chi connectivity index (χ1v) is 8.82. The summed E-state index contributed by atoms with van der Waals surface area (Å²) in [6.45, 7) is 5.66. The third-order valence-corrected chi connectivity index (χ3v) is 4.97. The molecule has 0 unspecified atom stereocenters.